The van der Waals surface area contributed by atoms with Crippen molar-refractivity contribution in [1.82, 2.24) is 15.9 Å². The summed E-state index contributed by atoms with van der Waals surface area (Å²) >= 11 is 11.1. The number of hydrazine groups is 1. The van der Waals surface area contributed by atoms with E-state index in [-0.39, 0.29) is 17.6 Å². The van der Waals surface area contributed by atoms with Crippen LogP contribution in [-0.2, 0) is 13.6 Å². The molecule has 7 nitrogen and oxygen atoms in total. The second kappa shape index (κ2) is 9.04. The van der Waals surface area contributed by atoms with Crippen LogP contribution >= 0.6 is 31.6 Å². The molecule has 2 atom stereocenters. The molecule has 0 radical (unpaired) electrons. The van der Waals surface area contributed by atoms with E-state index in [0.29, 0.717) is 10.6 Å². The third kappa shape index (κ3) is 5.59. The second-order valence-corrected chi connectivity index (χ2v) is 10.2. The number of nitrogens with one attached hydrogen (secondary N) is 3. The van der Waals surface area contributed by atoms with Crippen molar-refractivity contribution in [3.8, 4) is 0 Å². The zero-order valence-corrected chi connectivity index (χ0v) is 19.2. The van der Waals surface area contributed by atoms with E-state index in [4.69, 9.17) is 32.9 Å². The molecule has 1 heterocycles. The molecule has 10 heteroatoms. The number of benzene rings is 2. The molecule has 0 aromatic heterocycles. The summed E-state index contributed by atoms with van der Waals surface area (Å²) in [5.74, 6) is -0.386. The van der Waals surface area contributed by atoms with Gasteiger partial charge in [-0.1, -0.05) is 55.3 Å². The Labute approximate surface area is 186 Å². The minimum absolute atomic E-state index is 0.0895. The maximum atomic E-state index is 13.1. The van der Waals surface area contributed by atoms with E-state index in [1.165, 1.54) is 0 Å². The first-order valence-corrected chi connectivity index (χ1v) is 11.5. The molecule has 30 heavy (non-hydrogen) atoms. The number of hydrogen-bond donors (Lipinski definition) is 3. The van der Waals surface area contributed by atoms with Gasteiger partial charge in [-0.05, 0) is 49.0 Å². The van der Waals surface area contributed by atoms with Gasteiger partial charge in [-0.2, -0.15) is 0 Å². The molecule has 3 N–H and O–H groups in total. The molecule has 0 aliphatic carbocycles. The Bertz CT molecular complexity index is 983. The summed E-state index contributed by atoms with van der Waals surface area (Å²) in [6, 6.07) is 14.2. The van der Waals surface area contributed by atoms with Gasteiger partial charge in [0, 0.05) is 16.0 Å². The highest BCUT2D eigenvalue weighted by molar-refractivity contribution is 7.81. The van der Waals surface area contributed by atoms with E-state index in [0.717, 1.165) is 11.1 Å². The van der Waals surface area contributed by atoms with Crippen LogP contribution in [0.5, 0.6) is 0 Å². The van der Waals surface area contributed by atoms with E-state index < -0.39 is 19.3 Å². The van der Waals surface area contributed by atoms with Crippen molar-refractivity contribution in [2.24, 2.45) is 5.41 Å². The molecule has 160 valence electrons. The summed E-state index contributed by atoms with van der Waals surface area (Å²) in [6.45, 7) is 6.02. The maximum Gasteiger partial charge on any atom is 0.435 e. The molecule has 0 bridgehead atoms. The van der Waals surface area contributed by atoms with E-state index in [2.05, 4.69) is 15.9 Å². The predicted molar refractivity (Wildman–Crippen MR) is 120 cm³/mol. The lowest BCUT2D eigenvalue weighted by Gasteiger charge is -2.41. The number of aryl methyl sites for hydroxylation is 1. The van der Waals surface area contributed by atoms with Gasteiger partial charge in [0.2, 0.25) is 0 Å². The van der Waals surface area contributed by atoms with Gasteiger partial charge >= 0.3 is 7.75 Å². The molecule has 1 fully saturated rings. The minimum Gasteiger partial charge on any atom is -0.292 e. The fraction of sp³-hybridized carbons (Fsp3) is 0.300. The van der Waals surface area contributed by atoms with E-state index in [1.807, 2.05) is 45.0 Å². The molecule has 1 aliphatic heterocycles. The fourth-order valence-electron chi connectivity index (χ4n) is 2.89. The van der Waals surface area contributed by atoms with Crippen LogP contribution in [0.3, 0.4) is 0 Å². The summed E-state index contributed by atoms with van der Waals surface area (Å²) in [6.07, 6.45) is -0.508. The lowest BCUT2D eigenvalue weighted by Crippen LogP contribution is -2.47. The molecular weight excluding hydrogens is 445 g/mol. The summed E-state index contributed by atoms with van der Waals surface area (Å²) in [4.78, 5) is 12.2. The van der Waals surface area contributed by atoms with Crippen molar-refractivity contribution in [2.45, 2.75) is 26.9 Å². The lowest BCUT2D eigenvalue weighted by atomic mass is 9.83. The van der Waals surface area contributed by atoms with Gasteiger partial charge in [-0.25, -0.2) is 4.57 Å². The van der Waals surface area contributed by atoms with Crippen LogP contribution in [0.1, 0.15) is 41.4 Å². The molecule has 1 saturated heterocycles. The van der Waals surface area contributed by atoms with Crippen molar-refractivity contribution in [1.29, 1.82) is 0 Å². The largest absolute Gasteiger partial charge is 0.435 e. The highest BCUT2D eigenvalue weighted by Crippen LogP contribution is 2.58. The fourth-order valence-corrected chi connectivity index (χ4v) is 5.07. The van der Waals surface area contributed by atoms with Gasteiger partial charge in [-0.3, -0.25) is 29.8 Å². The van der Waals surface area contributed by atoms with Gasteiger partial charge in [-0.15, -0.1) is 0 Å². The van der Waals surface area contributed by atoms with Crippen LogP contribution in [0.4, 0.5) is 0 Å². The lowest BCUT2D eigenvalue weighted by molar-refractivity contribution is -0.0285. The SMILES string of the molecule is Cc1ccc(C(=O)NNC(=S)NP2(=O)OCC(C)(C)[C@H](c3ccc(Cl)cc3)O2)cc1. The number of amides is 1. The quantitative estimate of drug-likeness (QED) is 0.343. The average molecular weight is 468 g/mol. The van der Waals surface area contributed by atoms with Crippen LogP contribution in [0, 0.1) is 12.3 Å². The zero-order valence-electron chi connectivity index (χ0n) is 16.8. The highest BCUT2D eigenvalue weighted by Gasteiger charge is 2.45. The number of hydrogen-bond acceptors (Lipinski definition) is 5. The van der Waals surface area contributed by atoms with Crippen molar-refractivity contribution in [3.05, 3.63) is 70.2 Å². The second-order valence-electron chi connectivity index (χ2n) is 7.68. The third-order valence-corrected chi connectivity index (χ3v) is 6.64. The molecule has 2 aromatic carbocycles. The average Bonchev–Trinajstić information content (AvgIpc) is 2.70. The van der Waals surface area contributed by atoms with Crippen molar-refractivity contribution in [3.63, 3.8) is 0 Å². The maximum absolute atomic E-state index is 13.1. The molecular formula is C20H23ClN3O4PS. The van der Waals surface area contributed by atoms with Crippen LogP contribution in [0.15, 0.2) is 48.5 Å². The molecule has 0 saturated carbocycles. The molecule has 1 aliphatic rings. The molecule has 2 aromatic rings. The number of halogens is 1. The number of rotatable bonds is 3. The van der Waals surface area contributed by atoms with Crippen molar-refractivity contribution in [2.75, 3.05) is 6.61 Å². The Kier molecular flexibility index (Phi) is 6.84. The molecule has 1 amide bonds. The number of carbonyl (C=O) groups excluding carboxylic acids is 1. The highest BCUT2D eigenvalue weighted by atomic mass is 35.5. The molecule has 1 unspecified atom stereocenters. The predicted octanol–water partition coefficient (Wildman–Crippen LogP) is 4.68. The van der Waals surface area contributed by atoms with Crippen molar-refractivity contribution >= 4 is 42.6 Å². The summed E-state index contributed by atoms with van der Waals surface area (Å²) in [7, 11) is -3.76. The Morgan fingerprint density at radius 1 is 1.13 bits per heavy atom. The monoisotopic (exact) mass is 467 g/mol. The van der Waals surface area contributed by atoms with E-state index in [1.54, 1.807) is 24.3 Å². The standard InChI is InChI=1S/C20H23ClN3O4PS/c1-13-4-6-15(7-5-13)18(25)22-23-19(30)24-29(26)27-12-20(2,3)17(28-29)14-8-10-16(21)11-9-14/h4-11,17H,12H2,1-3H3,(H,22,25)(H2,23,24,26,30)/t17-,29?/m0/s1. The Balaban J connectivity index is 1.62. The molecule has 0 spiro atoms. The smallest absolute Gasteiger partial charge is 0.292 e. The first kappa shape index (κ1) is 22.7. The van der Waals surface area contributed by atoms with Gasteiger partial charge in [0.25, 0.3) is 5.91 Å². The van der Waals surface area contributed by atoms with Crippen LogP contribution in [0.2, 0.25) is 5.02 Å². The normalized spacial score (nSPS) is 22.7. The van der Waals surface area contributed by atoms with Gasteiger partial charge in [0.15, 0.2) is 5.11 Å². The van der Waals surface area contributed by atoms with Gasteiger partial charge < -0.3 is 0 Å². The number of thiocarbonyl (C=S) groups is 1. The first-order chi connectivity index (χ1) is 14.1. The summed E-state index contributed by atoms with van der Waals surface area (Å²) in [5, 5.41) is 3.06. The Morgan fingerprint density at radius 3 is 2.40 bits per heavy atom. The minimum atomic E-state index is -3.76. The zero-order chi connectivity index (χ0) is 21.9. The summed E-state index contributed by atoms with van der Waals surface area (Å²) < 4.78 is 24.4. The summed E-state index contributed by atoms with van der Waals surface area (Å²) in [5.41, 5.74) is 6.86. The third-order valence-electron chi connectivity index (χ3n) is 4.58. The van der Waals surface area contributed by atoms with E-state index >= 15 is 0 Å². The molecule has 3 rings (SSSR count). The van der Waals surface area contributed by atoms with Crippen LogP contribution in [-0.4, -0.2) is 17.6 Å². The van der Waals surface area contributed by atoms with Crippen LogP contribution < -0.4 is 15.9 Å². The topological polar surface area (TPSA) is 88.7 Å². The van der Waals surface area contributed by atoms with Crippen molar-refractivity contribution < 1.29 is 18.4 Å². The van der Waals surface area contributed by atoms with Crippen LogP contribution in [0.25, 0.3) is 0 Å². The Hall–Kier alpha value is -1.96. The number of carbonyl (C=O) groups is 1. The van der Waals surface area contributed by atoms with Gasteiger partial charge in [0.05, 0.1) is 6.61 Å². The van der Waals surface area contributed by atoms with E-state index in [9.17, 15) is 9.36 Å². The van der Waals surface area contributed by atoms with Gasteiger partial charge in [0.1, 0.15) is 6.10 Å². The first-order valence-electron chi connectivity index (χ1n) is 9.22. The Morgan fingerprint density at radius 2 is 1.77 bits per heavy atom.